The van der Waals surface area contributed by atoms with Crippen LogP contribution in [0.5, 0.6) is 5.88 Å². The number of methoxy groups -OCH3 is 1. The molecule has 0 bridgehead atoms. The largest absolute Gasteiger partial charge is 0.472 e. The van der Waals surface area contributed by atoms with Crippen molar-refractivity contribution in [3.8, 4) is 5.88 Å². The zero-order chi connectivity index (χ0) is 13.7. The Kier molecular flexibility index (Phi) is 4.90. The second-order valence-electron chi connectivity index (χ2n) is 4.64. The van der Waals surface area contributed by atoms with Gasteiger partial charge in [0.25, 0.3) is 5.88 Å². The SMILES string of the molecule is CCNc1ncc(F)c(OC2CCCC(OC)C2)n1. The van der Waals surface area contributed by atoms with Gasteiger partial charge >= 0.3 is 0 Å². The van der Waals surface area contributed by atoms with Crippen molar-refractivity contribution in [1.29, 1.82) is 0 Å². The first-order valence-corrected chi connectivity index (χ1v) is 6.68. The fourth-order valence-corrected chi connectivity index (χ4v) is 2.26. The van der Waals surface area contributed by atoms with Crippen LogP contribution in [0, 0.1) is 5.82 Å². The van der Waals surface area contributed by atoms with E-state index in [4.69, 9.17) is 9.47 Å². The van der Waals surface area contributed by atoms with Crippen LogP contribution in [-0.2, 0) is 4.74 Å². The molecule has 0 aromatic carbocycles. The highest BCUT2D eigenvalue weighted by molar-refractivity contribution is 5.28. The highest BCUT2D eigenvalue weighted by Gasteiger charge is 2.24. The minimum Gasteiger partial charge on any atom is -0.472 e. The Bertz CT molecular complexity index is 417. The first kappa shape index (κ1) is 14.0. The van der Waals surface area contributed by atoms with Crippen LogP contribution in [0.3, 0.4) is 0 Å². The number of nitrogens with zero attached hydrogens (tertiary/aromatic N) is 2. The number of anilines is 1. The van der Waals surface area contributed by atoms with Crippen LogP contribution in [0.1, 0.15) is 32.6 Å². The monoisotopic (exact) mass is 269 g/mol. The van der Waals surface area contributed by atoms with E-state index in [9.17, 15) is 4.39 Å². The Labute approximate surface area is 112 Å². The summed E-state index contributed by atoms with van der Waals surface area (Å²) in [5.41, 5.74) is 0. The minimum atomic E-state index is -0.527. The molecule has 2 unspecified atom stereocenters. The molecule has 0 radical (unpaired) electrons. The van der Waals surface area contributed by atoms with E-state index in [1.165, 1.54) is 0 Å². The van der Waals surface area contributed by atoms with E-state index in [0.717, 1.165) is 31.9 Å². The third kappa shape index (κ3) is 3.76. The van der Waals surface area contributed by atoms with E-state index < -0.39 is 5.82 Å². The predicted molar refractivity (Wildman–Crippen MR) is 69.8 cm³/mol. The molecule has 0 aliphatic heterocycles. The zero-order valence-corrected chi connectivity index (χ0v) is 11.4. The Morgan fingerprint density at radius 2 is 2.21 bits per heavy atom. The topological polar surface area (TPSA) is 56.3 Å². The first-order chi connectivity index (χ1) is 9.22. The van der Waals surface area contributed by atoms with Crippen molar-refractivity contribution in [1.82, 2.24) is 9.97 Å². The number of hydrogen-bond donors (Lipinski definition) is 1. The van der Waals surface area contributed by atoms with Gasteiger partial charge in [-0.25, -0.2) is 4.98 Å². The van der Waals surface area contributed by atoms with Crippen molar-refractivity contribution in [2.24, 2.45) is 0 Å². The summed E-state index contributed by atoms with van der Waals surface area (Å²) in [6, 6.07) is 0. The molecular formula is C13H20FN3O2. The van der Waals surface area contributed by atoms with Crippen molar-refractivity contribution >= 4 is 5.95 Å². The lowest BCUT2D eigenvalue weighted by molar-refractivity contribution is 0.0181. The van der Waals surface area contributed by atoms with Crippen LogP contribution in [0.2, 0.25) is 0 Å². The number of hydrogen-bond acceptors (Lipinski definition) is 5. The number of nitrogens with one attached hydrogen (secondary N) is 1. The molecule has 1 aromatic heterocycles. The van der Waals surface area contributed by atoms with Gasteiger partial charge in [-0.05, 0) is 26.2 Å². The van der Waals surface area contributed by atoms with Crippen molar-refractivity contribution < 1.29 is 13.9 Å². The lowest BCUT2D eigenvalue weighted by Crippen LogP contribution is -2.30. The molecule has 1 fully saturated rings. The minimum absolute atomic E-state index is 0.0210. The van der Waals surface area contributed by atoms with Crippen LogP contribution < -0.4 is 10.1 Å². The number of halogens is 1. The molecule has 19 heavy (non-hydrogen) atoms. The maximum absolute atomic E-state index is 13.6. The molecule has 1 N–H and O–H groups in total. The van der Waals surface area contributed by atoms with E-state index in [-0.39, 0.29) is 18.1 Å². The zero-order valence-electron chi connectivity index (χ0n) is 11.4. The average molecular weight is 269 g/mol. The summed E-state index contributed by atoms with van der Waals surface area (Å²) < 4.78 is 24.6. The molecule has 1 aliphatic rings. The van der Waals surface area contributed by atoms with Crippen LogP contribution in [0.4, 0.5) is 10.3 Å². The maximum Gasteiger partial charge on any atom is 0.255 e. The van der Waals surface area contributed by atoms with Gasteiger partial charge in [0.05, 0.1) is 12.3 Å². The summed E-state index contributed by atoms with van der Waals surface area (Å²) in [4.78, 5) is 7.90. The van der Waals surface area contributed by atoms with Gasteiger partial charge in [0, 0.05) is 20.1 Å². The van der Waals surface area contributed by atoms with Crippen molar-refractivity contribution in [2.75, 3.05) is 19.0 Å². The molecule has 1 saturated carbocycles. The van der Waals surface area contributed by atoms with Crippen molar-refractivity contribution in [2.45, 2.75) is 44.8 Å². The third-order valence-corrected chi connectivity index (χ3v) is 3.24. The molecule has 1 aromatic rings. The van der Waals surface area contributed by atoms with Crippen molar-refractivity contribution in [3.05, 3.63) is 12.0 Å². The molecule has 0 amide bonds. The number of rotatable bonds is 5. The molecule has 2 atom stereocenters. The number of ether oxygens (including phenoxy) is 2. The summed E-state index contributed by atoms with van der Waals surface area (Å²) in [5, 5.41) is 2.94. The van der Waals surface area contributed by atoms with Gasteiger partial charge in [-0.3, -0.25) is 0 Å². The normalized spacial score (nSPS) is 23.1. The average Bonchev–Trinajstić information content (AvgIpc) is 2.43. The van der Waals surface area contributed by atoms with Gasteiger partial charge in [0.15, 0.2) is 0 Å². The van der Waals surface area contributed by atoms with Gasteiger partial charge in [-0.2, -0.15) is 9.37 Å². The predicted octanol–water partition coefficient (Wildman–Crippen LogP) is 2.38. The van der Waals surface area contributed by atoms with E-state index >= 15 is 0 Å². The lowest BCUT2D eigenvalue weighted by Gasteiger charge is -2.28. The highest BCUT2D eigenvalue weighted by atomic mass is 19.1. The second kappa shape index (κ2) is 6.65. The van der Waals surface area contributed by atoms with Crippen LogP contribution in [0.15, 0.2) is 6.20 Å². The fourth-order valence-electron chi connectivity index (χ4n) is 2.26. The molecule has 2 rings (SSSR count). The summed E-state index contributed by atoms with van der Waals surface area (Å²) >= 11 is 0. The van der Waals surface area contributed by atoms with Crippen LogP contribution in [0.25, 0.3) is 0 Å². The van der Waals surface area contributed by atoms with Gasteiger partial charge in [0.2, 0.25) is 11.8 Å². The van der Waals surface area contributed by atoms with Gasteiger partial charge in [-0.1, -0.05) is 0 Å². The number of aromatic nitrogens is 2. The van der Waals surface area contributed by atoms with E-state index in [0.29, 0.717) is 12.5 Å². The summed E-state index contributed by atoms with van der Waals surface area (Å²) in [5.74, 6) is -0.119. The van der Waals surface area contributed by atoms with Gasteiger partial charge < -0.3 is 14.8 Å². The van der Waals surface area contributed by atoms with Crippen LogP contribution in [-0.4, -0.2) is 35.8 Å². The van der Waals surface area contributed by atoms with Gasteiger partial charge in [-0.15, -0.1) is 0 Å². The Balaban J connectivity index is 2.03. The first-order valence-electron chi connectivity index (χ1n) is 6.68. The summed E-state index contributed by atoms with van der Waals surface area (Å²) in [6.45, 7) is 2.61. The van der Waals surface area contributed by atoms with E-state index in [2.05, 4.69) is 15.3 Å². The quantitative estimate of drug-likeness (QED) is 0.889. The molecule has 1 aliphatic carbocycles. The summed E-state index contributed by atoms with van der Waals surface area (Å²) in [6.07, 6.45) is 5.02. The summed E-state index contributed by atoms with van der Waals surface area (Å²) in [7, 11) is 1.70. The molecule has 6 heteroatoms. The second-order valence-corrected chi connectivity index (χ2v) is 4.64. The Morgan fingerprint density at radius 1 is 1.42 bits per heavy atom. The van der Waals surface area contributed by atoms with Gasteiger partial charge in [0.1, 0.15) is 6.10 Å². The van der Waals surface area contributed by atoms with Crippen LogP contribution >= 0.6 is 0 Å². The molecule has 5 nitrogen and oxygen atoms in total. The smallest absolute Gasteiger partial charge is 0.255 e. The molecule has 106 valence electrons. The molecule has 1 heterocycles. The third-order valence-electron chi connectivity index (χ3n) is 3.24. The highest BCUT2D eigenvalue weighted by Crippen LogP contribution is 2.25. The molecule has 0 spiro atoms. The van der Waals surface area contributed by atoms with Crippen molar-refractivity contribution in [3.63, 3.8) is 0 Å². The Morgan fingerprint density at radius 3 is 2.95 bits per heavy atom. The Hall–Kier alpha value is -1.43. The maximum atomic E-state index is 13.6. The molecule has 0 saturated heterocycles. The van der Waals surface area contributed by atoms with E-state index in [1.807, 2.05) is 6.92 Å². The standard InChI is InChI=1S/C13H20FN3O2/c1-3-15-13-16-8-11(14)12(17-13)19-10-6-4-5-9(7-10)18-2/h8-10H,3-7H2,1-2H3,(H,15,16,17). The molecular weight excluding hydrogens is 249 g/mol. The lowest BCUT2D eigenvalue weighted by atomic mass is 9.95. The fraction of sp³-hybridized carbons (Fsp3) is 0.692. The van der Waals surface area contributed by atoms with E-state index in [1.54, 1.807) is 7.11 Å².